The summed E-state index contributed by atoms with van der Waals surface area (Å²) in [5.74, 6) is 1.50. The number of fused-ring (bicyclic) bond motifs is 1. The molecule has 6 nitrogen and oxygen atoms in total. The second kappa shape index (κ2) is 7.87. The van der Waals surface area contributed by atoms with Crippen LogP contribution in [0.2, 0.25) is 10.0 Å². The normalized spacial score (nSPS) is 14.4. The lowest BCUT2D eigenvalue weighted by Crippen LogP contribution is -2.44. The molecule has 1 fully saturated rings. The number of nitrogens with zero attached hydrogens (tertiary/aromatic N) is 5. The summed E-state index contributed by atoms with van der Waals surface area (Å²) in [4.78, 5) is 11.9. The van der Waals surface area contributed by atoms with Crippen LogP contribution < -0.4 is 10.2 Å². The van der Waals surface area contributed by atoms with Crippen molar-refractivity contribution < 1.29 is 0 Å². The van der Waals surface area contributed by atoms with Crippen molar-refractivity contribution in [3.05, 3.63) is 64.4 Å². The molecule has 1 saturated heterocycles. The summed E-state index contributed by atoms with van der Waals surface area (Å²) in [6.45, 7) is 5.54. The van der Waals surface area contributed by atoms with Crippen molar-refractivity contribution in [1.29, 1.82) is 0 Å². The van der Waals surface area contributed by atoms with E-state index in [1.807, 2.05) is 55.5 Å². The molecule has 0 saturated carbocycles. The monoisotopic (exact) mass is 438 g/mol. The summed E-state index contributed by atoms with van der Waals surface area (Å²) in [5, 5.41) is 9.57. The van der Waals surface area contributed by atoms with Crippen LogP contribution in [-0.2, 0) is 0 Å². The Morgan fingerprint density at radius 1 is 0.933 bits per heavy atom. The van der Waals surface area contributed by atoms with Gasteiger partial charge in [0.15, 0.2) is 5.65 Å². The molecule has 8 heteroatoms. The van der Waals surface area contributed by atoms with Crippen molar-refractivity contribution in [1.82, 2.24) is 24.9 Å². The first-order chi connectivity index (χ1) is 14.6. The first-order valence-corrected chi connectivity index (χ1v) is 10.6. The van der Waals surface area contributed by atoms with Gasteiger partial charge in [-0.15, -0.1) is 0 Å². The third kappa shape index (κ3) is 3.41. The van der Waals surface area contributed by atoms with E-state index in [2.05, 4.69) is 10.2 Å². The molecule has 4 aromatic rings. The standard InChI is InChI=1S/C22H20Cl2N6/c1-14-26-22(29-12-10-25-11-13-29)27-21-19(15-6-8-16(23)9-7-15)20(28-30(14)21)17-4-2-3-5-18(17)24/h2-9,25H,10-13H2,1H3. The number of aromatic nitrogens is 4. The molecule has 30 heavy (non-hydrogen) atoms. The van der Waals surface area contributed by atoms with Gasteiger partial charge in [0.1, 0.15) is 11.5 Å². The van der Waals surface area contributed by atoms with Crippen LogP contribution in [0, 0.1) is 6.92 Å². The number of piperazine rings is 1. The molecule has 152 valence electrons. The minimum atomic E-state index is 0.643. The van der Waals surface area contributed by atoms with E-state index in [9.17, 15) is 0 Å². The van der Waals surface area contributed by atoms with Crippen molar-refractivity contribution in [3.63, 3.8) is 0 Å². The predicted molar refractivity (Wildman–Crippen MR) is 121 cm³/mol. The highest BCUT2D eigenvalue weighted by Gasteiger charge is 2.23. The number of hydrogen-bond donors (Lipinski definition) is 1. The molecule has 3 heterocycles. The van der Waals surface area contributed by atoms with Gasteiger partial charge >= 0.3 is 0 Å². The number of halogens is 2. The van der Waals surface area contributed by atoms with Crippen LogP contribution in [0.4, 0.5) is 5.95 Å². The zero-order valence-corrected chi connectivity index (χ0v) is 18.0. The Labute approximate surface area is 184 Å². The average Bonchev–Trinajstić information content (AvgIpc) is 3.15. The maximum atomic E-state index is 6.54. The highest BCUT2D eigenvalue weighted by molar-refractivity contribution is 6.33. The Bertz CT molecular complexity index is 1210. The Morgan fingerprint density at radius 2 is 1.67 bits per heavy atom. The smallest absolute Gasteiger partial charge is 0.229 e. The molecule has 2 aromatic heterocycles. The van der Waals surface area contributed by atoms with Crippen molar-refractivity contribution in [2.45, 2.75) is 6.92 Å². The Kier molecular flexibility index (Phi) is 5.06. The number of hydrogen-bond acceptors (Lipinski definition) is 5. The van der Waals surface area contributed by atoms with Gasteiger partial charge in [-0.3, -0.25) is 0 Å². The molecule has 0 radical (unpaired) electrons. The summed E-state index contributed by atoms with van der Waals surface area (Å²) in [6.07, 6.45) is 0. The predicted octanol–water partition coefficient (Wildman–Crippen LogP) is 4.48. The number of benzene rings is 2. The fourth-order valence-corrected chi connectivity index (χ4v) is 4.13. The molecule has 0 aliphatic carbocycles. The van der Waals surface area contributed by atoms with E-state index in [1.54, 1.807) is 4.52 Å². The summed E-state index contributed by atoms with van der Waals surface area (Å²) in [6, 6.07) is 15.5. The minimum absolute atomic E-state index is 0.643. The maximum absolute atomic E-state index is 6.54. The summed E-state index contributed by atoms with van der Waals surface area (Å²) in [7, 11) is 0. The zero-order valence-electron chi connectivity index (χ0n) is 16.4. The minimum Gasteiger partial charge on any atom is -0.338 e. The van der Waals surface area contributed by atoms with Crippen molar-refractivity contribution in [3.8, 4) is 22.4 Å². The molecule has 0 spiro atoms. The van der Waals surface area contributed by atoms with Crippen LogP contribution in [0.15, 0.2) is 48.5 Å². The molecule has 1 N–H and O–H groups in total. The number of anilines is 1. The number of aryl methyl sites for hydroxylation is 1. The van der Waals surface area contributed by atoms with Crippen LogP contribution in [0.1, 0.15) is 5.82 Å². The Morgan fingerprint density at radius 3 is 2.40 bits per heavy atom. The first kappa shape index (κ1) is 19.3. The van der Waals surface area contributed by atoms with Crippen LogP contribution in [0.3, 0.4) is 0 Å². The van der Waals surface area contributed by atoms with Crippen LogP contribution >= 0.6 is 23.2 Å². The maximum Gasteiger partial charge on any atom is 0.229 e. The lowest BCUT2D eigenvalue weighted by Gasteiger charge is -2.27. The highest BCUT2D eigenvalue weighted by Crippen LogP contribution is 2.38. The fraction of sp³-hybridized carbons (Fsp3) is 0.227. The van der Waals surface area contributed by atoms with E-state index in [1.165, 1.54) is 0 Å². The second-order valence-corrected chi connectivity index (χ2v) is 8.10. The van der Waals surface area contributed by atoms with Crippen LogP contribution in [0.5, 0.6) is 0 Å². The van der Waals surface area contributed by atoms with Gasteiger partial charge in [-0.05, 0) is 30.7 Å². The second-order valence-electron chi connectivity index (χ2n) is 7.25. The largest absolute Gasteiger partial charge is 0.338 e. The average molecular weight is 439 g/mol. The zero-order chi connectivity index (χ0) is 20.7. The first-order valence-electron chi connectivity index (χ1n) is 9.86. The lowest BCUT2D eigenvalue weighted by atomic mass is 10.0. The fourth-order valence-electron chi connectivity index (χ4n) is 3.78. The molecular weight excluding hydrogens is 419 g/mol. The van der Waals surface area contributed by atoms with Crippen LogP contribution in [-0.4, -0.2) is 45.8 Å². The van der Waals surface area contributed by atoms with Gasteiger partial charge in [-0.2, -0.15) is 19.6 Å². The third-order valence-electron chi connectivity index (χ3n) is 5.30. The third-order valence-corrected chi connectivity index (χ3v) is 5.88. The Balaban J connectivity index is 1.79. The lowest BCUT2D eigenvalue weighted by molar-refractivity contribution is 0.578. The van der Waals surface area contributed by atoms with E-state index in [0.717, 1.165) is 66.0 Å². The summed E-state index contributed by atoms with van der Waals surface area (Å²) < 4.78 is 1.80. The molecule has 0 amide bonds. The highest BCUT2D eigenvalue weighted by atomic mass is 35.5. The molecule has 5 rings (SSSR count). The van der Waals surface area contributed by atoms with Gasteiger partial charge in [-0.25, -0.2) is 0 Å². The van der Waals surface area contributed by atoms with Crippen molar-refractivity contribution in [2.75, 3.05) is 31.1 Å². The summed E-state index contributed by atoms with van der Waals surface area (Å²) in [5.41, 5.74) is 4.29. The molecule has 2 aromatic carbocycles. The van der Waals surface area contributed by atoms with Gasteiger partial charge in [0.05, 0.1) is 10.6 Å². The quantitative estimate of drug-likeness (QED) is 0.510. The summed E-state index contributed by atoms with van der Waals surface area (Å²) >= 11 is 12.7. The molecule has 0 bridgehead atoms. The van der Waals surface area contributed by atoms with Gasteiger partial charge in [0.2, 0.25) is 5.95 Å². The van der Waals surface area contributed by atoms with E-state index in [-0.39, 0.29) is 0 Å². The van der Waals surface area contributed by atoms with Crippen molar-refractivity contribution in [2.24, 2.45) is 0 Å². The van der Waals surface area contributed by atoms with Crippen molar-refractivity contribution >= 4 is 34.8 Å². The van der Waals surface area contributed by atoms with Gasteiger partial charge in [0.25, 0.3) is 0 Å². The van der Waals surface area contributed by atoms with E-state index in [4.69, 9.17) is 38.3 Å². The van der Waals surface area contributed by atoms with E-state index in [0.29, 0.717) is 10.0 Å². The van der Waals surface area contributed by atoms with E-state index >= 15 is 0 Å². The molecule has 1 aliphatic rings. The molecule has 1 aliphatic heterocycles. The van der Waals surface area contributed by atoms with Gasteiger partial charge < -0.3 is 10.2 Å². The Hall–Kier alpha value is -2.67. The SMILES string of the molecule is Cc1nc(N2CCNCC2)nc2c(-c3ccc(Cl)cc3)c(-c3ccccc3Cl)nn12. The molecular formula is C22H20Cl2N6. The molecule has 0 unspecified atom stereocenters. The number of nitrogens with one attached hydrogen (secondary N) is 1. The number of rotatable bonds is 3. The van der Waals surface area contributed by atoms with Gasteiger partial charge in [-0.1, -0.05) is 53.5 Å². The topological polar surface area (TPSA) is 58.4 Å². The van der Waals surface area contributed by atoms with E-state index < -0.39 is 0 Å². The molecule has 0 atom stereocenters. The van der Waals surface area contributed by atoms with Crippen LogP contribution in [0.25, 0.3) is 28.0 Å². The van der Waals surface area contributed by atoms with Gasteiger partial charge in [0, 0.05) is 36.8 Å².